The van der Waals surface area contributed by atoms with Gasteiger partial charge >= 0.3 is 0 Å². The number of rotatable bonds is 5. The fourth-order valence-electron chi connectivity index (χ4n) is 2.40. The van der Waals surface area contributed by atoms with Crippen molar-refractivity contribution in [3.05, 3.63) is 65.3 Å². The Morgan fingerprint density at radius 3 is 2.74 bits per heavy atom. The van der Waals surface area contributed by atoms with Gasteiger partial charge in [-0.15, -0.1) is 22.7 Å². The first-order chi connectivity index (χ1) is 13.2. The molecule has 1 aromatic carbocycles. The molecule has 0 atom stereocenters. The Bertz CT molecular complexity index is 1060. The van der Waals surface area contributed by atoms with E-state index in [1.165, 1.54) is 34.8 Å². The number of aromatic nitrogens is 4. The van der Waals surface area contributed by atoms with Gasteiger partial charge in [-0.1, -0.05) is 0 Å². The first kappa shape index (κ1) is 17.4. The van der Waals surface area contributed by atoms with Crippen LogP contribution in [0, 0.1) is 5.82 Å². The number of nitrogens with one attached hydrogen (secondary N) is 1. The summed E-state index contributed by atoms with van der Waals surface area (Å²) in [7, 11) is 0. The fraction of sp³-hybridized carbons (Fsp3) is 0.0556. The van der Waals surface area contributed by atoms with Crippen LogP contribution in [0.3, 0.4) is 0 Å². The molecule has 0 aliphatic heterocycles. The molecule has 0 unspecified atom stereocenters. The van der Waals surface area contributed by atoms with E-state index in [-0.39, 0.29) is 18.1 Å². The second-order valence-corrected chi connectivity index (χ2v) is 7.21. The molecule has 6 nitrogen and oxygen atoms in total. The lowest BCUT2D eigenvalue weighted by Gasteiger charge is -2.04. The zero-order chi connectivity index (χ0) is 18.6. The number of carbonyl (C=O) groups is 1. The lowest BCUT2D eigenvalue weighted by molar-refractivity contribution is -0.115. The SMILES string of the molecule is O=C(Cc1csc(-c2cnccn2)n1)Nc1scnc1-c1ccc(F)cc1. The van der Waals surface area contributed by atoms with E-state index >= 15 is 0 Å². The molecular formula is C18H12FN5OS2. The quantitative estimate of drug-likeness (QED) is 0.550. The summed E-state index contributed by atoms with van der Waals surface area (Å²) in [5.74, 6) is -0.513. The van der Waals surface area contributed by atoms with Crippen LogP contribution in [-0.2, 0) is 11.2 Å². The molecule has 3 aromatic heterocycles. The average Bonchev–Trinajstić information content (AvgIpc) is 3.33. The third-order valence-electron chi connectivity index (χ3n) is 3.61. The third kappa shape index (κ3) is 4.04. The molecule has 4 aromatic rings. The smallest absolute Gasteiger partial charge is 0.231 e. The molecule has 0 saturated heterocycles. The molecule has 0 aliphatic carbocycles. The molecule has 1 amide bonds. The minimum absolute atomic E-state index is 0.136. The first-order valence-electron chi connectivity index (χ1n) is 7.89. The van der Waals surface area contributed by atoms with Gasteiger partial charge in [0.2, 0.25) is 5.91 Å². The van der Waals surface area contributed by atoms with Gasteiger partial charge in [-0.05, 0) is 24.3 Å². The Hall–Kier alpha value is -3.04. The van der Waals surface area contributed by atoms with E-state index in [1.54, 1.807) is 36.2 Å². The van der Waals surface area contributed by atoms with Crippen LogP contribution < -0.4 is 5.32 Å². The summed E-state index contributed by atoms with van der Waals surface area (Å²) in [5.41, 5.74) is 4.34. The van der Waals surface area contributed by atoms with E-state index in [4.69, 9.17) is 0 Å². The third-order valence-corrected chi connectivity index (χ3v) is 5.27. The first-order valence-corrected chi connectivity index (χ1v) is 9.65. The lowest BCUT2D eigenvalue weighted by atomic mass is 10.1. The normalized spacial score (nSPS) is 10.7. The molecule has 0 spiro atoms. The van der Waals surface area contributed by atoms with Crippen molar-refractivity contribution in [3.8, 4) is 22.0 Å². The largest absolute Gasteiger partial charge is 0.316 e. The molecule has 0 saturated carbocycles. The van der Waals surface area contributed by atoms with Gasteiger partial charge in [0, 0.05) is 23.3 Å². The van der Waals surface area contributed by atoms with Gasteiger partial charge in [-0.3, -0.25) is 14.8 Å². The Morgan fingerprint density at radius 1 is 1.11 bits per heavy atom. The van der Waals surface area contributed by atoms with Crippen molar-refractivity contribution in [1.29, 1.82) is 0 Å². The number of benzene rings is 1. The van der Waals surface area contributed by atoms with Gasteiger partial charge in [0.1, 0.15) is 27.2 Å². The van der Waals surface area contributed by atoms with Crippen molar-refractivity contribution in [3.63, 3.8) is 0 Å². The van der Waals surface area contributed by atoms with Crippen LogP contribution in [-0.4, -0.2) is 25.8 Å². The second kappa shape index (κ2) is 7.68. The Balaban J connectivity index is 1.46. The number of hydrogen-bond donors (Lipinski definition) is 1. The van der Waals surface area contributed by atoms with E-state index in [2.05, 4.69) is 25.3 Å². The van der Waals surface area contributed by atoms with E-state index < -0.39 is 0 Å². The van der Waals surface area contributed by atoms with Crippen LogP contribution >= 0.6 is 22.7 Å². The molecule has 4 rings (SSSR count). The predicted octanol–water partition coefficient (Wildman–Crippen LogP) is 4.04. The van der Waals surface area contributed by atoms with Gasteiger partial charge in [0.15, 0.2) is 0 Å². The summed E-state index contributed by atoms with van der Waals surface area (Å²) in [6.07, 6.45) is 4.97. The van der Waals surface area contributed by atoms with E-state index in [0.29, 0.717) is 22.1 Å². The maximum absolute atomic E-state index is 13.1. The number of amides is 1. The highest BCUT2D eigenvalue weighted by molar-refractivity contribution is 7.14. The maximum Gasteiger partial charge on any atom is 0.231 e. The highest BCUT2D eigenvalue weighted by atomic mass is 32.1. The molecule has 3 heterocycles. The number of nitrogens with zero attached hydrogens (tertiary/aromatic N) is 4. The minimum atomic E-state index is -0.318. The van der Waals surface area contributed by atoms with Crippen molar-refractivity contribution in [1.82, 2.24) is 19.9 Å². The zero-order valence-electron chi connectivity index (χ0n) is 13.8. The molecule has 1 N–H and O–H groups in total. The number of thiazole rings is 2. The van der Waals surface area contributed by atoms with Gasteiger partial charge in [0.25, 0.3) is 0 Å². The second-order valence-electron chi connectivity index (χ2n) is 5.50. The summed E-state index contributed by atoms with van der Waals surface area (Å²) in [4.78, 5) is 29.3. The minimum Gasteiger partial charge on any atom is -0.316 e. The van der Waals surface area contributed by atoms with E-state index in [0.717, 1.165) is 10.6 Å². The summed E-state index contributed by atoms with van der Waals surface area (Å²) in [6, 6.07) is 5.99. The number of hydrogen-bond acceptors (Lipinski definition) is 7. The van der Waals surface area contributed by atoms with Gasteiger partial charge < -0.3 is 5.32 Å². The zero-order valence-corrected chi connectivity index (χ0v) is 15.4. The molecule has 0 radical (unpaired) electrons. The van der Waals surface area contributed by atoms with Crippen molar-refractivity contribution in [2.75, 3.05) is 5.32 Å². The number of anilines is 1. The maximum atomic E-state index is 13.1. The van der Waals surface area contributed by atoms with Gasteiger partial charge in [-0.25, -0.2) is 14.4 Å². The Kier molecular flexibility index (Phi) is 4.95. The Morgan fingerprint density at radius 2 is 1.96 bits per heavy atom. The van der Waals surface area contributed by atoms with Crippen LogP contribution in [0.15, 0.2) is 53.7 Å². The monoisotopic (exact) mass is 397 g/mol. The van der Waals surface area contributed by atoms with Crippen LogP contribution in [0.5, 0.6) is 0 Å². The van der Waals surface area contributed by atoms with Gasteiger partial charge in [0.05, 0.1) is 23.8 Å². The molecular weight excluding hydrogens is 385 g/mol. The van der Waals surface area contributed by atoms with Crippen LogP contribution in [0.2, 0.25) is 0 Å². The lowest BCUT2D eigenvalue weighted by Crippen LogP contribution is -2.14. The summed E-state index contributed by atoms with van der Waals surface area (Å²) in [6.45, 7) is 0. The van der Waals surface area contributed by atoms with Crippen molar-refractivity contribution in [2.24, 2.45) is 0 Å². The molecule has 27 heavy (non-hydrogen) atoms. The van der Waals surface area contributed by atoms with Crippen LogP contribution in [0.25, 0.3) is 22.0 Å². The van der Waals surface area contributed by atoms with Crippen molar-refractivity contribution in [2.45, 2.75) is 6.42 Å². The topological polar surface area (TPSA) is 80.7 Å². The van der Waals surface area contributed by atoms with Crippen LogP contribution in [0.4, 0.5) is 9.39 Å². The number of halogens is 1. The molecule has 0 aliphatic rings. The van der Waals surface area contributed by atoms with Crippen molar-refractivity contribution >= 4 is 33.6 Å². The molecule has 134 valence electrons. The number of carbonyl (C=O) groups excluding carboxylic acids is 1. The standard InChI is InChI=1S/C18H12FN5OS2/c19-12-3-1-11(2-4-12)16-18(27-10-22-16)24-15(25)7-13-9-26-17(23-13)14-8-20-5-6-21-14/h1-6,8-10H,7H2,(H,24,25). The van der Waals surface area contributed by atoms with E-state index in [9.17, 15) is 9.18 Å². The highest BCUT2D eigenvalue weighted by Crippen LogP contribution is 2.30. The highest BCUT2D eigenvalue weighted by Gasteiger charge is 2.14. The summed E-state index contributed by atoms with van der Waals surface area (Å²) < 4.78 is 13.1. The fourth-order valence-corrected chi connectivity index (χ4v) is 3.90. The predicted molar refractivity (Wildman–Crippen MR) is 103 cm³/mol. The van der Waals surface area contributed by atoms with Gasteiger partial charge in [-0.2, -0.15) is 0 Å². The van der Waals surface area contributed by atoms with Crippen molar-refractivity contribution < 1.29 is 9.18 Å². The molecule has 0 bridgehead atoms. The Labute approximate surface area is 161 Å². The summed E-state index contributed by atoms with van der Waals surface area (Å²) >= 11 is 2.73. The van der Waals surface area contributed by atoms with E-state index in [1.807, 2.05) is 5.38 Å². The average molecular weight is 397 g/mol. The van der Waals surface area contributed by atoms with Crippen LogP contribution in [0.1, 0.15) is 5.69 Å². The summed E-state index contributed by atoms with van der Waals surface area (Å²) in [5, 5.41) is 6.03. The molecule has 0 fully saturated rings. The molecule has 9 heteroatoms.